The zero-order valence-corrected chi connectivity index (χ0v) is 14.5. The quantitative estimate of drug-likeness (QED) is 0.734. The molecule has 1 aromatic heterocycles. The summed E-state index contributed by atoms with van der Waals surface area (Å²) in [4.78, 5) is 26.2. The zero-order valence-electron chi connectivity index (χ0n) is 13.7. The third-order valence-corrected chi connectivity index (χ3v) is 4.49. The average molecular weight is 351 g/mol. The number of nitrogens with one attached hydrogen (secondary N) is 1. The van der Waals surface area contributed by atoms with E-state index in [0.717, 1.165) is 16.7 Å². The minimum Gasteiger partial charge on any atom is -0.463 e. The van der Waals surface area contributed by atoms with Crippen molar-refractivity contribution in [3.8, 4) is 11.1 Å². The lowest BCUT2D eigenvalue weighted by molar-refractivity contribution is -0.135. The van der Waals surface area contributed by atoms with Gasteiger partial charge in [-0.05, 0) is 29.7 Å². The zero-order chi connectivity index (χ0) is 17.6. The number of esters is 1. The third-order valence-electron chi connectivity index (χ3n) is 3.53. The van der Waals surface area contributed by atoms with E-state index in [2.05, 4.69) is 17.1 Å². The van der Waals surface area contributed by atoms with Crippen LogP contribution >= 0.6 is 11.3 Å². The normalized spacial score (nSPS) is 12.4. The van der Waals surface area contributed by atoms with Crippen LogP contribution in [-0.4, -0.2) is 17.6 Å². The van der Waals surface area contributed by atoms with Crippen LogP contribution in [0.3, 0.4) is 0 Å². The molecule has 0 saturated heterocycles. The van der Waals surface area contributed by atoms with Crippen molar-refractivity contribution in [3.63, 3.8) is 0 Å². The SMILES string of the molecule is CCOC(=O)/C=c1\[nH]c(=O)/c(=C\c2ccc(-c3ccccc3)cc2)s1. The van der Waals surface area contributed by atoms with Gasteiger partial charge in [-0.2, -0.15) is 0 Å². The fraction of sp³-hybridized carbons (Fsp3) is 0.100. The average Bonchev–Trinajstić information content (AvgIpc) is 2.95. The summed E-state index contributed by atoms with van der Waals surface area (Å²) in [5.74, 6) is -0.459. The van der Waals surface area contributed by atoms with Gasteiger partial charge in [-0.1, -0.05) is 54.6 Å². The molecule has 2 aromatic carbocycles. The lowest BCUT2D eigenvalue weighted by Crippen LogP contribution is -2.20. The highest BCUT2D eigenvalue weighted by Gasteiger charge is 2.00. The van der Waals surface area contributed by atoms with Gasteiger partial charge in [0.05, 0.1) is 17.2 Å². The van der Waals surface area contributed by atoms with E-state index < -0.39 is 5.97 Å². The van der Waals surface area contributed by atoms with Crippen LogP contribution in [0.1, 0.15) is 12.5 Å². The van der Waals surface area contributed by atoms with Crippen molar-refractivity contribution in [2.75, 3.05) is 6.61 Å². The first-order valence-electron chi connectivity index (χ1n) is 7.90. The summed E-state index contributed by atoms with van der Waals surface area (Å²) >= 11 is 1.23. The molecular formula is C20H17NO3S. The molecule has 3 aromatic rings. The van der Waals surface area contributed by atoms with Gasteiger partial charge < -0.3 is 9.72 Å². The number of H-pyrrole nitrogens is 1. The Kier molecular flexibility index (Phi) is 5.26. The lowest BCUT2D eigenvalue weighted by Gasteiger charge is -2.01. The fourth-order valence-corrected chi connectivity index (χ4v) is 3.24. The predicted octanol–water partition coefficient (Wildman–Crippen LogP) is 2.28. The highest BCUT2D eigenvalue weighted by Crippen LogP contribution is 2.19. The molecule has 25 heavy (non-hydrogen) atoms. The van der Waals surface area contributed by atoms with E-state index in [1.807, 2.05) is 42.5 Å². The Hall–Kier alpha value is -2.92. The number of hydrogen-bond donors (Lipinski definition) is 1. The molecule has 126 valence electrons. The highest BCUT2D eigenvalue weighted by molar-refractivity contribution is 7.07. The van der Waals surface area contributed by atoms with Crippen LogP contribution in [-0.2, 0) is 9.53 Å². The van der Waals surface area contributed by atoms with Gasteiger partial charge in [-0.25, -0.2) is 4.79 Å². The minimum atomic E-state index is -0.459. The first kappa shape index (κ1) is 16.9. The second-order valence-corrected chi connectivity index (χ2v) is 6.40. The van der Waals surface area contributed by atoms with Crippen LogP contribution in [0.2, 0.25) is 0 Å². The summed E-state index contributed by atoms with van der Waals surface area (Å²) in [6.45, 7) is 2.04. The number of thiazole rings is 1. The monoisotopic (exact) mass is 351 g/mol. The minimum absolute atomic E-state index is 0.215. The molecule has 0 atom stereocenters. The standard InChI is InChI=1S/C20H17NO3S/c1-2-24-19(22)13-18-21-20(23)17(25-18)12-14-8-10-16(11-9-14)15-6-4-3-5-7-15/h3-13H,2H2,1H3,(H,21,23)/b17-12+,18-13+. The molecule has 0 aliphatic heterocycles. The van der Waals surface area contributed by atoms with Crippen LogP contribution < -0.4 is 14.8 Å². The van der Waals surface area contributed by atoms with Crippen LogP contribution in [0, 0.1) is 0 Å². The largest absolute Gasteiger partial charge is 0.463 e. The number of carbonyl (C=O) groups is 1. The third kappa shape index (κ3) is 4.33. The maximum Gasteiger partial charge on any atom is 0.333 e. The van der Waals surface area contributed by atoms with Crippen molar-refractivity contribution in [1.82, 2.24) is 4.98 Å². The van der Waals surface area contributed by atoms with Gasteiger partial charge in [-0.15, -0.1) is 11.3 Å². The van der Waals surface area contributed by atoms with Crippen LogP contribution in [0.5, 0.6) is 0 Å². The summed E-state index contributed by atoms with van der Waals surface area (Å²) in [5.41, 5.74) is 2.98. The van der Waals surface area contributed by atoms with E-state index in [1.54, 1.807) is 13.0 Å². The molecule has 0 fully saturated rings. The Morgan fingerprint density at radius 3 is 2.44 bits per heavy atom. The van der Waals surface area contributed by atoms with Gasteiger partial charge in [-0.3, -0.25) is 4.79 Å². The van der Waals surface area contributed by atoms with E-state index in [1.165, 1.54) is 17.4 Å². The van der Waals surface area contributed by atoms with Gasteiger partial charge in [0.25, 0.3) is 5.56 Å². The molecule has 5 heteroatoms. The number of ether oxygens (including phenoxy) is 1. The summed E-state index contributed by atoms with van der Waals surface area (Å²) in [6.07, 6.45) is 3.10. The second kappa shape index (κ2) is 7.77. The maximum atomic E-state index is 12.0. The number of rotatable bonds is 4. The summed E-state index contributed by atoms with van der Waals surface area (Å²) < 4.78 is 5.87. The van der Waals surface area contributed by atoms with Crippen molar-refractivity contribution in [2.45, 2.75) is 6.92 Å². The fourth-order valence-electron chi connectivity index (χ4n) is 2.37. The molecule has 1 N–H and O–H groups in total. The molecule has 0 aliphatic carbocycles. The van der Waals surface area contributed by atoms with E-state index in [0.29, 0.717) is 15.8 Å². The molecular weight excluding hydrogens is 334 g/mol. The molecule has 0 amide bonds. The first-order valence-corrected chi connectivity index (χ1v) is 8.72. The summed E-state index contributed by atoms with van der Waals surface area (Å²) in [5, 5.41) is 0. The lowest BCUT2D eigenvalue weighted by atomic mass is 10.0. The van der Waals surface area contributed by atoms with Gasteiger partial charge >= 0.3 is 5.97 Å². The van der Waals surface area contributed by atoms with E-state index in [4.69, 9.17) is 4.74 Å². The van der Waals surface area contributed by atoms with Crippen molar-refractivity contribution >= 4 is 29.5 Å². The van der Waals surface area contributed by atoms with Crippen molar-refractivity contribution in [2.24, 2.45) is 0 Å². The van der Waals surface area contributed by atoms with Crippen molar-refractivity contribution in [1.29, 1.82) is 0 Å². The molecule has 3 rings (SSSR count). The Morgan fingerprint density at radius 1 is 1.08 bits per heavy atom. The molecule has 1 heterocycles. The van der Waals surface area contributed by atoms with Gasteiger partial charge in [0.2, 0.25) is 0 Å². The topological polar surface area (TPSA) is 59.2 Å². The molecule has 0 spiro atoms. The number of aromatic nitrogens is 1. The van der Waals surface area contributed by atoms with E-state index >= 15 is 0 Å². The first-order chi connectivity index (χ1) is 12.2. The molecule has 0 radical (unpaired) electrons. The summed E-state index contributed by atoms with van der Waals surface area (Å²) in [6, 6.07) is 18.1. The van der Waals surface area contributed by atoms with Crippen LogP contribution in [0.4, 0.5) is 0 Å². The highest BCUT2D eigenvalue weighted by atomic mass is 32.1. The maximum absolute atomic E-state index is 12.0. The van der Waals surface area contributed by atoms with Crippen LogP contribution in [0.25, 0.3) is 23.3 Å². The Labute approximate surface area is 148 Å². The second-order valence-electron chi connectivity index (χ2n) is 5.31. The molecule has 0 bridgehead atoms. The smallest absolute Gasteiger partial charge is 0.333 e. The van der Waals surface area contributed by atoms with Crippen molar-refractivity contribution < 1.29 is 9.53 Å². The van der Waals surface area contributed by atoms with E-state index in [9.17, 15) is 9.59 Å². The molecule has 4 nitrogen and oxygen atoms in total. The Morgan fingerprint density at radius 2 is 1.76 bits per heavy atom. The summed E-state index contributed by atoms with van der Waals surface area (Å²) in [7, 11) is 0. The number of carbonyl (C=O) groups excluding carboxylic acids is 1. The van der Waals surface area contributed by atoms with Gasteiger partial charge in [0, 0.05) is 0 Å². The molecule has 0 aliphatic rings. The van der Waals surface area contributed by atoms with Crippen LogP contribution in [0.15, 0.2) is 59.4 Å². The number of benzene rings is 2. The molecule has 0 saturated carbocycles. The predicted molar refractivity (Wildman–Crippen MR) is 101 cm³/mol. The Bertz CT molecular complexity index is 1030. The van der Waals surface area contributed by atoms with Crippen molar-refractivity contribution in [3.05, 3.63) is 79.7 Å². The van der Waals surface area contributed by atoms with Gasteiger partial charge in [0.1, 0.15) is 4.66 Å². The molecule has 0 unspecified atom stereocenters. The van der Waals surface area contributed by atoms with E-state index in [-0.39, 0.29) is 5.56 Å². The Balaban J connectivity index is 1.90. The number of aromatic amines is 1. The van der Waals surface area contributed by atoms with Gasteiger partial charge in [0.15, 0.2) is 0 Å². The number of hydrogen-bond acceptors (Lipinski definition) is 4.